The molecule has 0 N–H and O–H groups in total. The molecule has 4 unspecified atom stereocenters. The maximum absolute atomic E-state index is 3.25. The molecule has 32 heteroatoms. The molecule has 0 bridgehead atoms. The zero-order valence-electron chi connectivity index (χ0n) is 54.2. The van der Waals surface area contributed by atoms with Crippen LogP contribution in [0.5, 0.6) is 0 Å². The van der Waals surface area contributed by atoms with Gasteiger partial charge in [-0.15, -0.1) is 0 Å². The Labute approximate surface area is 784 Å². The molecule has 558 valence electrons. The van der Waals surface area contributed by atoms with Gasteiger partial charge in [0.15, 0.2) is 0 Å². The number of aromatic nitrogens is 2. The predicted octanol–water partition coefficient (Wildman–Crippen LogP) is 36.1. The Kier molecular flexibility index (Phi) is 35.0. The van der Waals surface area contributed by atoms with Crippen LogP contribution in [0.15, 0.2) is 152 Å². The van der Waals surface area contributed by atoms with Gasteiger partial charge in [-0.25, -0.2) is 0 Å². The summed E-state index contributed by atoms with van der Waals surface area (Å²) in [6.45, 7) is 19.5. The number of anilines is 4. The Balaban J connectivity index is 0.000000137. The van der Waals surface area contributed by atoms with E-state index in [2.05, 4.69) is 487 Å². The van der Waals surface area contributed by atoms with E-state index < -0.39 is 78.9 Å². The zero-order valence-corrected chi connectivity index (χ0v) is 112. The predicted molar refractivity (Wildman–Crippen MR) is 682 cm³/mol. The van der Waals surface area contributed by atoms with Crippen LogP contribution in [0.1, 0.15) is 120 Å². The summed E-state index contributed by atoms with van der Waals surface area (Å²) in [5.74, 6) is 0. The summed E-state index contributed by atoms with van der Waals surface area (Å²) < 4.78 is 5.04. The molecule has 2 aromatic heterocycles. The van der Waals surface area contributed by atoms with Crippen LogP contribution in [0.2, 0.25) is 0 Å². The second kappa shape index (κ2) is 38.7. The van der Waals surface area contributed by atoms with Crippen molar-refractivity contribution in [1.82, 2.24) is 9.13 Å². The van der Waals surface area contributed by atoms with Gasteiger partial charge in [0.05, 0.1) is 27.6 Å². The molecule has 0 radical (unpaired) electrons. The molecule has 6 aliphatic rings. The van der Waals surface area contributed by atoms with Crippen LogP contribution in [0.3, 0.4) is 0 Å². The monoisotopic (exact) mass is 4390 g/mol. The quantitative estimate of drug-likeness (QED) is 0.0797. The third kappa shape index (κ3) is 17.3. The van der Waals surface area contributed by atoms with Crippen molar-refractivity contribution in [3.8, 4) is 11.4 Å². The summed E-state index contributed by atoms with van der Waals surface area (Å²) in [6.07, 6.45) is 10.2. The molecule has 0 spiro atoms. The van der Waals surface area contributed by atoms with Crippen molar-refractivity contribution in [3.05, 3.63) is 185 Å². The Morgan fingerprint density at radius 1 is 0.386 bits per heavy atom. The van der Waals surface area contributed by atoms with E-state index in [9.17, 15) is 0 Å². The molecule has 16 rings (SSSR count). The van der Waals surface area contributed by atoms with E-state index >= 15 is 0 Å². The molecular formula is C69H69BI27N4-. The van der Waals surface area contributed by atoms with Crippen LogP contribution in [-0.4, -0.2) is 26.9 Å². The number of benzene rings is 8. The van der Waals surface area contributed by atoms with Gasteiger partial charge in [0.2, 0.25) is 0 Å². The molecule has 6 heterocycles. The summed E-state index contributed by atoms with van der Waals surface area (Å²) in [5, 5.41) is 5.35. The van der Waals surface area contributed by atoms with Gasteiger partial charge in [-0.05, 0) is 160 Å². The van der Waals surface area contributed by atoms with Gasteiger partial charge >= 0.3 is 369 Å². The second-order valence-electron chi connectivity index (χ2n) is 26.2. The molecule has 0 amide bonds. The fourth-order valence-corrected chi connectivity index (χ4v) is 4420. The van der Waals surface area contributed by atoms with Crippen LogP contribution < -0.4 is 39.4 Å². The first-order valence-corrected chi connectivity index (χ1v) is 195. The van der Waals surface area contributed by atoms with E-state index in [1.807, 2.05) is 0 Å². The van der Waals surface area contributed by atoms with Gasteiger partial charge in [-0.2, -0.15) is 0 Å². The van der Waals surface area contributed by atoms with Crippen LogP contribution in [0.4, 0.5) is 22.7 Å². The second-order valence-corrected chi connectivity index (χ2v) is 627. The molecule has 2 aliphatic carbocycles. The SMILES string of the molecule is C.Cc1cc(N2c3ccc(C)cc3C3(C)CCCCC23C)cc(-n2c3ccccc3c3ccccc32)c1.Cc1cc2c3c(c1)-n1c4ccccc4c4cccc(c41)B3c1cc(C)cc3c1N2C1(C)CCCCC31C.I[I-]I(I)I(I)I(I)I(I)I(I)I(I)I(I)I(I)I(I)I(I)I(I)I(I)I. The van der Waals surface area contributed by atoms with Crippen molar-refractivity contribution in [2.45, 2.75) is 136 Å². The van der Waals surface area contributed by atoms with Crippen molar-refractivity contribution >= 4 is 445 Å². The molecule has 2 saturated carbocycles. The number of hydrogen-bond acceptors (Lipinski definition) is 2. The van der Waals surface area contributed by atoms with Gasteiger partial charge in [-0.1, -0.05) is 155 Å². The Morgan fingerprint density at radius 3 is 1.40 bits per heavy atom. The fraction of sp³-hybridized carbons (Fsp3) is 0.304. The summed E-state index contributed by atoms with van der Waals surface area (Å²) in [7, 11) is -5.18. The molecule has 0 saturated heterocycles. The number of rotatable bonds is 14. The number of nitrogens with zero attached hydrogens (tertiary/aromatic N) is 4. The third-order valence-corrected chi connectivity index (χ3v) is 1920. The Bertz CT molecular complexity index is 4780. The molecule has 4 aliphatic heterocycles. The van der Waals surface area contributed by atoms with E-state index in [-0.39, 0.29) is 51.8 Å². The number of hydrogen-bond donors (Lipinski definition) is 0. The van der Waals surface area contributed by atoms with Gasteiger partial charge in [0.1, 0.15) is 0 Å². The molecule has 8 aromatic carbocycles. The van der Waals surface area contributed by atoms with Gasteiger partial charge < -0.3 is 18.9 Å². The van der Waals surface area contributed by atoms with E-state index in [4.69, 9.17) is 0 Å². The average Bonchev–Trinajstić information content (AvgIpc) is 1.51. The number of fused-ring (bicyclic) bond motifs is 16. The van der Waals surface area contributed by atoms with E-state index in [0.29, 0.717) is 13.3 Å². The summed E-state index contributed by atoms with van der Waals surface area (Å²) in [5.41, 5.74) is 27.1. The van der Waals surface area contributed by atoms with Crippen LogP contribution >= 0.6 is 355 Å². The topological polar surface area (TPSA) is 16.3 Å². The van der Waals surface area contributed by atoms with Crippen molar-refractivity contribution in [1.29, 1.82) is 0 Å². The average molecular weight is 4390 g/mol. The molecular weight excluding hydrogens is 4320 g/mol. The normalized spacial score (nSPS) is 22.1. The molecule has 2 fully saturated rings. The first-order valence-electron chi connectivity index (χ1n) is 31.2. The minimum absolute atomic E-state index is 0. The van der Waals surface area contributed by atoms with Crippen molar-refractivity contribution < 1.29 is 13.3 Å². The fourth-order valence-electron chi connectivity index (χ4n) is 16.8. The van der Waals surface area contributed by atoms with Crippen molar-refractivity contribution in [2.24, 2.45) is 0 Å². The number of para-hydroxylation sites is 4. The molecule has 4 nitrogen and oxygen atoms in total. The standard InChI is InChI=1S/C34H31BN2.C34H34N2.CH4.I27/c1-20-16-24-32-26(17-20)35-25-12-9-11-23-22-10-5-6-13-27(22)36(31(23)25)28-18-21(2)19-29(30(28)35)37(32)34(4)15-8-7-14-33(24,34)3;1-23-15-16-32-29(21-23)33(3)17-9-10-18-34(33,4)36(32)26-20-24(2)19-25(22-26)35-30-13-7-5-11-27(30)28-12-6-8-14-31(28)35;;1-15-17(4)19(6)21(8)23(10)25(12)27(14)26(13)24(11)22(9)20(7)18(5)16(2)3/h5-6,9-13,16-19H,7-8,14-15H2,1-4H3;5-8,11-16,19-22H,9-10,17-18H2,1-4H3;1H4;/q;;;-1. The third-order valence-electron chi connectivity index (χ3n) is 21.1. The Morgan fingerprint density at radius 2 is 0.832 bits per heavy atom. The summed E-state index contributed by atoms with van der Waals surface area (Å²) in [4.78, 5) is 5.53. The maximum atomic E-state index is 3.25. The van der Waals surface area contributed by atoms with Crippen LogP contribution in [0, 0.1) is 27.7 Å². The first kappa shape index (κ1) is 91.4. The van der Waals surface area contributed by atoms with Crippen LogP contribution in [0.25, 0.3) is 55.0 Å². The molecule has 4 atom stereocenters. The van der Waals surface area contributed by atoms with Crippen molar-refractivity contribution in [3.63, 3.8) is 0 Å². The Hall–Kier alpha value is 12.7. The van der Waals surface area contributed by atoms with Gasteiger partial charge in [-0.3, -0.25) is 0 Å². The van der Waals surface area contributed by atoms with E-state index in [1.165, 1.54) is 173 Å². The number of aryl methyl sites for hydroxylation is 4. The zero-order chi connectivity index (χ0) is 71.1. The summed E-state index contributed by atoms with van der Waals surface area (Å²) in [6, 6.07) is 57.9. The van der Waals surface area contributed by atoms with Crippen molar-refractivity contribution in [2.75, 3.05) is 9.80 Å². The first-order chi connectivity index (χ1) is 47.6. The molecule has 101 heavy (non-hydrogen) atoms. The van der Waals surface area contributed by atoms with Crippen LogP contribution in [-0.2, 0) is 10.8 Å². The van der Waals surface area contributed by atoms with E-state index in [1.54, 1.807) is 5.56 Å². The minimum atomic E-state index is -0.463. The molecule has 10 aromatic rings. The van der Waals surface area contributed by atoms with Gasteiger partial charge in [0.25, 0.3) is 6.71 Å². The summed E-state index contributed by atoms with van der Waals surface area (Å²) >= 11 is 44.4. The number of halogens is 27. The van der Waals surface area contributed by atoms with Gasteiger partial charge in [0, 0.05) is 72.0 Å². The van der Waals surface area contributed by atoms with E-state index in [0.717, 1.165) is 0 Å².